The lowest BCUT2D eigenvalue weighted by atomic mass is 9.68. The van der Waals surface area contributed by atoms with Gasteiger partial charge in [0.25, 0.3) is 0 Å². The van der Waals surface area contributed by atoms with E-state index in [0.29, 0.717) is 24.6 Å². The van der Waals surface area contributed by atoms with Gasteiger partial charge < -0.3 is 10.4 Å². The summed E-state index contributed by atoms with van der Waals surface area (Å²) in [7, 11) is 0. The van der Waals surface area contributed by atoms with Crippen molar-refractivity contribution in [2.45, 2.75) is 37.9 Å². The molecule has 0 aromatic carbocycles. The highest BCUT2D eigenvalue weighted by molar-refractivity contribution is 7.99. The molecule has 1 aliphatic carbocycles. The monoisotopic (exact) mass is 245 g/mol. The van der Waals surface area contributed by atoms with Gasteiger partial charge in [0.2, 0.25) is 5.91 Å². The zero-order valence-corrected chi connectivity index (χ0v) is 10.6. The fourth-order valence-corrected chi connectivity index (χ4v) is 2.10. The number of nitrogens with one attached hydrogen (secondary N) is 1. The third kappa shape index (κ3) is 2.70. The molecule has 92 valence electrons. The van der Waals surface area contributed by atoms with Crippen molar-refractivity contribution in [3.05, 3.63) is 0 Å². The lowest BCUT2D eigenvalue weighted by Crippen LogP contribution is -2.51. The third-order valence-electron chi connectivity index (χ3n) is 3.29. The van der Waals surface area contributed by atoms with Crippen molar-refractivity contribution in [2.24, 2.45) is 5.41 Å². The van der Waals surface area contributed by atoms with Crippen LogP contribution in [0.4, 0.5) is 0 Å². The number of carboxylic acid groups (broad SMARTS) is 1. The van der Waals surface area contributed by atoms with E-state index in [9.17, 15) is 9.59 Å². The number of carbonyl (C=O) groups is 2. The summed E-state index contributed by atoms with van der Waals surface area (Å²) < 4.78 is 0. The van der Waals surface area contributed by atoms with E-state index < -0.39 is 11.4 Å². The van der Waals surface area contributed by atoms with Gasteiger partial charge in [-0.3, -0.25) is 9.59 Å². The van der Waals surface area contributed by atoms with Crippen molar-refractivity contribution in [1.29, 1.82) is 0 Å². The smallest absolute Gasteiger partial charge is 0.319 e. The summed E-state index contributed by atoms with van der Waals surface area (Å²) in [6, 6.07) is 0. The molecule has 0 aromatic heterocycles. The molecule has 0 radical (unpaired) electrons. The molecule has 1 saturated carbocycles. The lowest BCUT2D eigenvalue weighted by molar-refractivity contribution is -0.162. The van der Waals surface area contributed by atoms with Crippen molar-refractivity contribution >= 4 is 23.6 Å². The van der Waals surface area contributed by atoms with E-state index in [-0.39, 0.29) is 5.91 Å². The zero-order chi connectivity index (χ0) is 12.2. The fourth-order valence-electron chi connectivity index (χ4n) is 1.74. The van der Waals surface area contributed by atoms with Crippen molar-refractivity contribution in [1.82, 2.24) is 5.32 Å². The Bertz CT molecular complexity index is 276. The highest BCUT2D eigenvalue weighted by Gasteiger charge is 2.50. The van der Waals surface area contributed by atoms with Gasteiger partial charge >= 0.3 is 5.97 Å². The Hall–Kier alpha value is -0.710. The molecule has 2 N–H and O–H groups in total. The Morgan fingerprint density at radius 3 is 2.50 bits per heavy atom. The Balaban J connectivity index is 2.37. The summed E-state index contributed by atoms with van der Waals surface area (Å²) in [6.45, 7) is 2.66. The molecule has 5 heteroatoms. The fraction of sp³-hybridized carbons (Fsp3) is 0.818. The summed E-state index contributed by atoms with van der Waals surface area (Å²) in [6.07, 6.45) is 4.69. The van der Waals surface area contributed by atoms with Gasteiger partial charge in [0, 0.05) is 11.8 Å². The van der Waals surface area contributed by atoms with Crippen LogP contribution in [-0.2, 0) is 9.59 Å². The summed E-state index contributed by atoms with van der Waals surface area (Å²) in [4.78, 5) is 22.8. The van der Waals surface area contributed by atoms with Gasteiger partial charge in [-0.25, -0.2) is 0 Å². The van der Waals surface area contributed by atoms with Gasteiger partial charge in [-0.05, 0) is 25.5 Å². The van der Waals surface area contributed by atoms with Crippen LogP contribution >= 0.6 is 11.8 Å². The maximum atomic E-state index is 11.8. The van der Waals surface area contributed by atoms with Crippen LogP contribution in [0.15, 0.2) is 0 Å². The highest BCUT2D eigenvalue weighted by Crippen LogP contribution is 2.41. The van der Waals surface area contributed by atoms with Gasteiger partial charge in [0.15, 0.2) is 0 Å². The number of aliphatic carboxylic acids is 1. The Morgan fingerprint density at radius 2 is 2.12 bits per heavy atom. The summed E-state index contributed by atoms with van der Waals surface area (Å²) in [5.41, 5.74) is -1.12. The first kappa shape index (κ1) is 13.4. The van der Waals surface area contributed by atoms with Crippen molar-refractivity contribution in [2.75, 3.05) is 12.8 Å². The van der Waals surface area contributed by atoms with Crippen LogP contribution in [0.25, 0.3) is 0 Å². The molecule has 1 aliphatic rings. The van der Waals surface area contributed by atoms with Gasteiger partial charge in [0.1, 0.15) is 5.41 Å². The maximum Gasteiger partial charge on any atom is 0.319 e. The minimum Gasteiger partial charge on any atom is -0.480 e. The van der Waals surface area contributed by atoms with Gasteiger partial charge in [-0.2, -0.15) is 11.8 Å². The molecule has 0 heterocycles. The first-order valence-corrected chi connectivity index (χ1v) is 6.86. The topological polar surface area (TPSA) is 66.4 Å². The van der Waals surface area contributed by atoms with E-state index >= 15 is 0 Å². The van der Waals surface area contributed by atoms with Crippen molar-refractivity contribution in [3.63, 3.8) is 0 Å². The second kappa shape index (κ2) is 5.57. The van der Waals surface area contributed by atoms with Crippen LogP contribution in [0.1, 0.15) is 32.6 Å². The molecule has 0 aromatic rings. The second-order valence-electron chi connectivity index (χ2n) is 4.33. The van der Waals surface area contributed by atoms with Crippen LogP contribution in [-0.4, -0.2) is 35.0 Å². The van der Waals surface area contributed by atoms with Crippen LogP contribution in [0, 0.1) is 5.41 Å². The van der Waals surface area contributed by atoms with E-state index in [2.05, 4.69) is 12.2 Å². The number of thioether (sulfide) groups is 1. The number of carboxylic acids is 1. The third-order valence-corrected chi connectivity index (χ3v) is 4.33. The van der Waals surface area contributed by atoms with E-state index in [0.717, 1.165) is 12.8 Å². The van der Waals surface area contributed by atoms with Crippen LogP contribution in [0.3, 0.4) is 0 Å². The van der Waals surface area contributed by atoms with E-state index in [4.69, 9.17) is 5.11 Å². The predicted octanol–water partition coefficient (Wildman–Crippen LogP) is 1.50. The van der Waals surface area contributed by atoms with E-state index in [1.165, 1.54) is 0 Å². The molecule has 1 atom stereocenters. The average molecular weight is 245 g/mol. The summed E-state index contributed by atoms with van der Waals surface area (Å²) in [5.74, 6) is -1.28. The van der Waals surface area contributed by atoms with Crippen LogP contribution < -0.4 is 5.32 Å². The summed E-state index contributed by atoms with van der Waals surface area (Å²) in [5, 5.41) is 12.3. The Kier molecular flexibility index (Phi) is 4.65. The Morgan fingerprint density at radius 1 is 1.50 bits per heavy atom. The molecule has 4 nitrogen and oxygen atoms in total. The molecular weight excluding hydrogens is 226 g/mol. The number of hydrogen-bond acceptors (Lipinski definition) is 3. The molecule has 0 saturated heterocycles. The normalized spacial score (nSPS) is 19.6. The Labute approximate surface area is 100 Å². The van der Waals surface area contributed by atoms with Crippen molar-refractivity contribution < 1.29 is 14.7 Å². The molecule has 1 amide bonds. The number of amides is 1. The first-order chi connectivity index (χ1) is 7.53. The van der Waals surface area contributed by atoms with Gasteiger partial charge in [-0.1, -0.05) is 13.3 Å². The van der Waals surface area contributed by atoms with Gasteiger partial charge in [-0.15, -0.1) is 0 Å². The molecule has 0 spiro atoms. The van der Waals surface area contributed by atoms with Crippen LogP contribution in [0.2, 0.25) is 0 Å². The minimum atomic E-state index is -1.12. The van der Waals surface area contributed by atoms with E-state index in [1.807, 2.05) is 6.26 Å². The largest absolute Gasteiger partial charge is 0.480 e. The average Bonchev–Trinajstić information content (AvgIpc) is 2.15. The van der Waals surface area contributed by atoms with Gasteiger partial charge in [0.05, 0.1) is 0 Å². The van der Waals surface area contributed by atoms with E-state index in [1.54, 1.807) is 11.8 Å². The number of rotatable bonds is 6. The zero-order valence-electron chi connectivity index (χ0n) is 9.78. The molecule has 1 fully saturated rings. The SMILES string of the molecule is CSC(C)CCNC(=O)C1(C(=O)O)CCC1. The summed E-state index contributed by atoms with van der Waals surface area (Å²) >= 11 is 1.74. The first-order valence-electron chi connectivity index (χ1n) is 5.57. The molecule has 0 bridgehead atoms. The second-order valence-corrected chi connectivity index (χ2v) is 5.61. The number of hydrogen-bond donors (Lipinski definition) is 2. The highest BCUT2D eigenvalue weighted by atomic mass is 32.2. The predicted molar refractivity (Wildman–Crippen MR) is 64.5 cm³/mol. The molecule has 1 rings (SSSR count). The standard InChI is InChI=1S/C11H19NO3S/c1-8(16-2)4-7-12-9(13)11(10(14)15)5-3-6-11/h8H,3-7H2,1-2H3,(H,12,13)(H,14,15). The quantitative estimate of drug-likeness (QED) is 0.696. The molecule has 0 aliphatic heterocycles. The van der Waals surface area contributed by atoms with Crippen LogP contribution in [0.5, 0.6) is 0 Å². The number of carbonyl (C=O) groups excluding carboxylic acids is 1. The van der Waals surface area contributed by atoms with Crippen molar-refractivity contribution in [3.8, 4) is 0 Å². The molecular formula is C11H19NO3S. The lowest BCUT2D eigenvalue weighted by Gasteiger charge is -2.35. The minimum absolute atomic E-state index is 0.306. The maximum absolute atomic E-state index is 11.8. The molecule has 1 unspecified atom stereocenters. The molecule has 16 heavy (non-hydrogen) atoms.